The Morgan fingerprint density at radius 1 is 0.213 bits per heavy atom. The van der Waals surface area contributed by atoms with E-state index in [0.717, 1.165) is 44.6 Å². The predicted octanol–water partition coefficient (Wildman–Crippen LogP) is 42.6. The van der Waals surface area contributed by atoms with E-state index in [0.29, 0.717) is 22.3 Å². The van der Waals surface area contributed by atoms with Crippen LogP contribution in [0.2, 0.25) is 0 Å². The van der Waals surface area contributed by atoms with Crippen molar-refractivity contribution in [3.05, 3.63) is 357 Å². The molecule has 5 aromatic heterocycles. The molecule has 0 unspecified atom stereocenters. The summed E-state index contributed by atoms with van der Waals surface area (Å²) in [5.41, 5.74) is 30.0. The summed E-state index contributed by atoms with van der Waals surface area (Å²) < 4.78 is 87.1. The van der Waals surface area contributed by atoms with Gasteiger partial charge in [-0.2, -0.15) is 0 Å². The van der Waals surface area contributed by atoms with Crippen molar-refractivity contribution in [3.63, 3.8) is 0 Å². The quantitative estimate of drug-likeness (QED) is 0.172. The second kappa shape index (κ2) is 37.7. The summed E-state index contributed by atoms with van der Waals surface area (Å²) in [6.45, 7) is 78.7. The number of para-hydroxylation sites is 2. The maximum Gasteiger partial charge on any atom is 0.139 e. The Labute approximate surface area is 866 Å². The lowest BCUT2D eigenvalue weighted by Crippen LogP contribution is -2.17. The van der Waals surface area contributed by atoms with Gasteiger partial charge < -0.3 is 8.83 Å². The van der Waals surface area contributed by atoms with Crippen LogP contribution in [0.3, 0.4) is 0 Å². The lowest BCUT2D eigenvalue weighted by molar-refractivity contribution is 0.567. The average molecular weight is 1920 g/mol. The Balaban J connectivity index is 0.000000133. The fraction of sp³-hybridized carbons (Fsp3) is 0.338. The van der Waals surface area contributed by atoms with Crippen molar-refractivity contribution in [1.82, 2.24) is 0 Å². The molecule has 5 heteroatoms. The summed E-state index contributed by atoms with van der Waals surface area (Å²) in [7, 11) is 0. The van der Waals surface area contributed by atoms with Crippen LogP contribution >= 0.6 is 34.0 Å². The van der Waals surface area contributed by atoms with Crippen LogP contribution in [0.5, 0.6) is 0 Å². The zero-order chi connectivity index (χ0) is 109. The van der Waals surface area contributed by atoms with Gasteiger partial charge in [-0.1, -0.05) is 476 Å². The predicted molar refractivity (Wildman–Crippen MR) is 628 cm³/mol. The van der Waals surface area contributed by atoms with Crippen LogP contribution in [0.15, 0.2) is 294 Å². The number of hydrogen-bond acceptors (Lipinski definition) is 5. The van der Waals surface area contributed by atoms with Crippen LogP contribution in [-0.2, 0) is 59.6 Å². The van der Waals surface area contributed by atoms with E-state index >= 15 is 0 Å². The molecule has 5 heterocycles. The lowest BCUT2D eigenvalue weighted by Gasteiger charge is -2.28. The lowest BCUT2D eigenvalue weighted by atomic mass is 9.75. The molecule has 141 heavy (non-hydrogen) atoms. The molecule has 0 aliphatic heterocycles. The Kier molecular flexibility index (Phi) is 24.6. The molecule has 0 bridgehead atoms. The van der Waals surface area contributed by atoms with Gasteiger partial charge in [0.1, 0.15) is 22.3 Å². The summed E-state index contributed by atoms with van der Waals surface area (Å²) in [5, 5.41) is 12.4. The molecule has 0 spiro atoms. The summed E-state index contributed by atoms with van der Waals surface area (Å²) in [5.74, 6) is 0. The summed E-state index contributed by atoms with van der Waals surface area (Å²) >= 11 is 5.44. The maximum atomic E-state index is 8.63. The Bertz CT molecular complexity index is 8260. The number of thiophene rings is 3. The zero-order valence-corrected chi connectivity index (χ0v) is 93.0. The van der Waals surface area contributed by atoms with Gasteiger partial charge in [0.15, 0.2) is 0 Å². The summed E-state index contributed by atoms with van der Waals surface area (Å²) in [6.07, 6.45) is 0. The van der Waals surface area contributed by atoms with Crippen molar-refractivity contribution in [3.8, 4) is 55.6 Å². The molecule has 15 aromatic carbocycles. The van der Waals surface area contributed by atoms with Gasteiger partial charge in [0, 0.05) is 87.6 Å². The minimum Gasteiger partial charge on any atom is -0.456 e. The summed E-state index contributed by atoms with van der Waals surface area (Å²) in [6, 6.07) is 85.7. The highest BCUT2D eigenvalue weighted by Gasteiger charge is 2.35. The number of furan rings is 2. The number of benzene rings is 15. The molecule has 0 saturated heterocycles. The van der Waals surface area contributed by atoms with Gasteiger partial charge in [0.25, 0.3) is 0 Å². The highest BCUT2D eigenvalue weighted by atomic mass is 32.1. The highest BCUT2D eigenvalue weighted by molar-refractivity contribution is 7.26. The molecule has 0 saturated carbocycles. The van der Waals surface area contributed by atoms with Gasteiger partial charge in [0.2, 0.25) is 0 Å². The Hall–Kier alpha value is -11.4. The first-order chi connectivity index (χ1) is 69.0. The van der Waals surface area contributed by atoms with E-state index in [4.69, 9.17) is 19.8 Å². The Morgan fingerprint density at radius 3 is 0.901 bits per heavy atom. The minimum absolute atomic E-state index is 0.0267. The SMILES string of the molecule is CC(C)(C)c1cc(-c2ccc3c(oc4ccccc43)c2C(C)(C)C)cc(C(C)(C)C)c1.CC(C)(C)c1cc(-c2ccc3c(sc4ccccc43)c2C(C)(C)C)cc(C(C)(C)C)c1.CC(C)(C)c1cc(-c2ccc3oc4ccccc4c3c2C(C)(C)C)cc(C(C)(C)C)c1.[2H]c1c([2H])c(C)c([2H])c(-c2ccc3c(sc4ccccc43)c2C(C)(C)C)c1[2H].[2H]c1c([2H])c(C)c([2H])c(-c2ccc3sc4ccccc4c3c2C(C)(C)C)c1[2H]. The number of fused-ring (bicyclic) bond motifs is 15. The first-order valence-electron chi connectivity index (χ1n) is 54.4. The molecule has 0 amide bonds. The van der Waals surface area contributed by atoms with Crippen LogP contribution in [0.1, 0.15) is 312 Å². The Morgan fingerprint density at radius 2 is 0.511 bits per heavy atom. The third kappa shape index (κ3) is 21.4. The van der Waals surface area contributed by atoms with Gasteiger partial charge >= 0.3 is 0 Å². The van der Waals surface area contributed by atoms with Gasteiger partial charge in [-0.15, -0.1) is 34.0 Å². The second-order valence-corrected chi connectivity index (χ2v) is 53.6. The number of hydrogen-bond donors (Lipinski definition) is 0. The molecule has 2 nitrogen and oxygen atoms in total. The summed E-state index contributed by atoms with van der Waals surface area (Å²) in [4.78, 5) is 0. The molecule has 0 aliphatic rings. The molecular formula is C136H152O2S3. The van der Waals surface area contributed by atoms with Crippen molar-refractivity contribution < 1.29 is 19.8 Å². The topological polar surface area (TPSA) is 26.3 Å². The molecular weight excluding hydrogens is 1760 g/mol. The van der Waals surface area contributed by atoms with E-state index < -0.39 is 0 Å². The molecule has 0 fully saturated rings. The van der Waals surface area contributed by atoms with Crippen LogP contribution < -0.4 is 0 Å². The van der Waals surface area contributed by atoms with Crippen LogP contribution in [0.4, 0.5) is 0 Å². The first-order valence-corrected chi connectivity index (χ1v) is 52.9. The van der Waals surface area contributed by atoms with Crippen LogP contribution in [0, 0.1) is 13.8 Å². The molecule has 726 valence electrons. The van der Waals surface area contributed by atoms with Crippen LogP contribution in [-0.4, -0.2) is 0 Å². The third-order valence-corrected chi connectivity index (χ3v) is 31.0. The van der Waals surface area contributed by atoms with E-state index in [1.807, 2.05) is 59.9 Å². The minimum atomic E-state index is -0.215. The maximum absolute atomic E-state index is 8.63. The van der Waals surface area contributed by atoms with Gasteiger partial charge in [0.05, 0.1) is 11.0 Å². The molecule has 0 N–H and O–H groups in total. The molecule has 0 radical (unpaired) electrons. The van der Waals surface area contributed by atoms with Gasteiger partial charge in [-0.3, -0.25) is 0 Å². The molecule has 20 rings (SSSR count). The molecule has 0 aliphatic carbocycles. The first kappa shape index (κ1) is 92.0. The van der Waals surface area contributed by atoms with Gasteiger partial charge in [-0.05, 0) is 233 Å². The zero-order valence-electron chi connectivity index (χ0n) is 98.6. The van der Waals surface area contributed by atoms with E-state index in [-0.39, 0.29) is 108 Å². The standard InChI is InChI=1S/2C30H36O.C30H36S.2C23H22S/c1-28(2,3)20-16-19(17-21(18-20)29(4,5)6)22-14-15-24-23-12-10-11-13-25(23)31-27(24)26(22)30(7,8)9;1-28(2,3)20-16-19(17-21(18-20)29(4,5)6)22-14-15-25-26(27(22)30(7,8)9)23-12-10-11-13-24(23)31-25;1-28(2,3)20-16-19(17-21(18-20)29(4,5)6)22-14-15-24-23-12-10-11-13-25(23)31-27(24)26(22)30(7,8)9;1-15-8-7-9-16(14-15)17-12-13-19-18-10-5-6-11-20(18)24-22(19)21(17)23(2,3)4;1-15-8-7-9-16(14-15)17-12-13-20-21(22(17)23(2,3)4)18-10-5-6-11-19(18)24-20/h3*10-18H,1-9H3;2*5-14H,1-4H3/i;;;2*7D,8D,9D,14D. The second-order valence-electron chi connectivity index (χ2n) is 50.5. The monoisotopic (exact) mass is 1920 g/mol. The molecule has 0 atom stereocenters. The fourth-order valence-electron chi connectivity index (χ4n) is 20.0. The fourth-order valence-corrected chi connectivity index (χ4v) is 24.1. The van der Waals surface area contributed by atoms with E-state index in [2.05, 4.69) is 417 Å². The normalized spacial score (nSPS) is 13.7. The van der Waals surface area contributed by atoms with Crippen molar-refractivity contribution in [2.45, 2.75) is 302 Å². The van der Waals surface area contributed by atoms with Gasteiger partial charge in [-0.25, -0.2) is 0 Å². The largest absolute Gasteiger partial charge is 0.456 e. The van der Waals surface area contributed by atoms with Crippen molar-refractivity contribution in [2.24, 2.45) is 0 Å². The van der Waals surface area contributed by atoms with Crippen molar-refractivity contribution in [2.75, 3.05) is 0 Å². The van der Waals surface area contributed by atoms with E-state index in [1.165, 1.54) is 166 Å². The van der Waals surface area contributed by atoms with Crippen LogP contribution in [0.25, 0.3) is 160 Å². The van der Waals surface area contributed by atoms with E-state index in [9.17, 15) is 0 Å². The number of rotatable bonds is 5. The van der Waals surface area contributed by atoms with Crippen molar-refractivity contribution >= 4 is 138 Å². The van der Waals surface area contributed by atoms with E-state index in [1.54, 1.807) is 36.5 Å². The van der Waals surface area contributed by atoms with Crippen molar-refractivity contribution in [1.29, 1.82) is 0 Å². The third-order valence-electron chi connectivity index (χ3n) is 27.4. The molecule has 20 aromatic rings. The smallest absolute Gasteiger partial charge is 0.139 e. The highest BCUT2D eigenvalue weighted by Crippen LogP contribution is 2.53. The average Bonchev–Trinajstić information content (AvgIpc) is 1.70.